The zero-order valence-electron chi connectivity index (χ0n) is 13.7. The first-order valence-corrected chi connectivity index (χ1v) is 9.38. The number of nitrogens with one attached hydrogen (secondary N) is 1. The number of aryl methyl sites for hydroxylation is 1. The summed E-state index contributed by atoms with van der Waals surface area (Å²) < 4.78 is 2.03. The Bertz CT molecular complexity index is 1130. The number of carbonyl (C=O) groups is 1. The van der Waals surface area contributed by atoms with Gasteiger partial charge < -0.3 is 9.88 Å². The minimum absolute atomic E-state index is 0.218. The van der Waals surface area contributed by atoms with E-state index >= 15 is 0 Å². The fourth-order valence-electron chi connectivity index (χ4n) is 2.72. The normalized spacial score (nSPS) is 11.0. The Kier molecular flexibility index (Phi) is 4.44. The molecule has 130 valence electrons. The van der Waals surface area contributed by atoms with E-state index in [1.54, 1.807) is 24.3 Å². The Hall–Kier alpha value is -2.34. The van der Waals surface area contributed by atoms with Gasteiger partial charge in [0.1, 0.15) is 0 Å². The van der Waals surface area contributed by atoms with Gasteiger partial charge in [0.15, 0.2) is 5.82 Å². The van der Waals surface area contributed by atoms with Crippen LogP contribution in [0.3, 0.4) is 0 Å². The quantitative estimate of drug-likeness (QED) is 0.467. The highest BCUT2D eigenvalue weighted by atomic mass is 35.5. The minimum atomic E-state index is -0.218. The number of aromatic nitrogens is 2. The number of para-hydroxylation sites is 2. The van der Waals surface area contributed by atoms with Crippen molar-refractivity contribution in [2.45, 2.75) is 0 Å². The van der Waals surface area contributed by atoms with Crippen LogP contribution in [0.1, 0.15) is 9.67 Å². The summed E-state index contributed by atoms with van der Waals surface area (Å²) in [5.74, 6) is 0.615. The molecule has 1 N–H and O–H groups in total. The number of halogens is 2. The minimum Gasteiger partial charge on any atom is -0.326 e. The summed E-state index contributed by atoms with van der Waals surface area (Å²) in [6.45, 7) is 0. The molecule has 0 fully saturated rings. The molecule has 7 heteroatoms. The van der Waals surface area contributed by atoms with E-state index in [-0.39, 0.29) is 5.91 Å². The SMILES string of the molecule is Cn1c(-c2ccc(C(=O)Nc3ccc(Cl)cc3Cl)s2)nc2ccccc21. The summed E-state index contributed by atoms with van der Waals surface area (Å²) in [5, 5.41) is 3.74. The summed E-state index contributed by atoms with van der Waals surface area (Å²) in [6.07, 6.45) is 0. The average molecular weight is 402 g/mol. The van der Waals surface area contributed by atoms with Gasteiger partial charge in [-0.3, -0.25) is 4.79 Å². The van der Waals surface area contributed by atoms with Crippen molar-refractivity contribution in [3.63, 3.8) is 0 Å². The van der Waals surface area contributed by atoms with Gasteiger partial charge in [0.05, 0.1) is 31.5 Å². The lowest BCUT2D eigenvalue weighted by Gasteiger charge is -2.06. The van der Waals surface area contributed by atoms with E-state index in [1.165, 1.54) is 11.3 Å². The second-order valence-corrected chi connectivity index (χ2v) is 7.65. The van der Waals surface area contributed by atoms with Crippen molar-refractivity contribution in [2.75, 3.05) is 5.32 Å². The van der Waals surface area contributed by atoms with Crippen LogP contribution in [0.4, 0.5) is 5.69 Å². The van der Waals surface area contributed by atoms with Crippen LogP contribution in [0, 0.1) is 0 Å². The van der Waals surface area contributed by atoms with Crippen LogP contribution in [0.5, 0.6) is 0 Å². The van der Waals surface area contributed by atoms with E-state index in [2.05, 4.69) is 10.3 Å². The van der Waals surface area contributed by atoms with Gasteiger partial charge in [-0.15, -0.1) is 11.3 Å². The monoisotopic (exact) mass is 401 g/mol. The molecule has 0 spiro atoms. The first kappa shape index (κ1) is 17.1. The molecular weight excluding hydrogens is 389 g/mol. The highest BCUT2D eigenvalue weighted by molar-refractivity contribution is 7.17. The number of imidazole rings is 1. The second kappa shape index (κ2) is 6.76. The fourth-order valence-corrected chi connectivity index (χ4v) is 4.10. The molecule has 2 aromatic heterocycles. The van der Waals surface area contributed by atoms with Crippen molar-refractivity contribution >= 4 is 57.2 Å². The number of benzene rings is 2. The van der Waals surface area contributed by atoms with Crippen molar-refractivity contribution in [1.82, 2.24) is 9.55 Å². The van der Waals surface area contributed by atoms with Gasteiger partial charge in [-0.2, -0.15) is 0 Å². The molecular formula is C19H13Cl2N3OS. The Morgan fingerprint density at radius 1 is 1.12 bits per heavy atom. The zero-order chi connectivity index (χ0) is 18.3. The molecule has 4 aromatic rings. The third kappa shape index (κ3) is 3.09. The van der Waals surface area contributed by atoms with Crippen molar-refractivity contribution in [3.8, 4) is 10.7 Å². The van der Waals surface area contributed by atoms with Crippen LogP contribution < -0.4 is 5.32 Å². The molecule has 26 heavy (non-hydrogen) atoms. The Morgan fingerprint density at radius 2 is 1.92 bits per heavy atom. The molecule has 0 atom stereocenters. The van der Waals surface area contributed by atoms with Crippen molar-refractivity contribution < 1.29 is 4.79 Å². The predicted molar refractivity (Wildman–Crippen MR) is 108 cm³/mol. The number of anilines is 1. The molecule has 0 radical (unpaired) electrons. The molecule has 0 unspecified atom stereocenters. The third-order valence-electron chi connectivity index (χ3n) is 4.02. The molecule has 0 saturated carbocycles. The second-order valence-electron chi connectivity index (χ2n) is 5.73. The van der Waals surface area contributed by atoms with Gasteiger partial charge in [-0.05, 0) is 42.5 Å². The maximum Gasteiger partial charge on any atom is 0.265 e. The van der Waals surface area contributed by atoms with E-state index in [1.807, 2.05) is 41.9 Å². The lowest BCUT2D eigenvalue weighted by Crippen LogP contribution is -2.10. The van der Waals surface area contributed by atoms with Crippen LogP contribution in [0.15, 0.2) is 54.6 Å². The third-order valence-corrected chi connectivity index (χ3v) is 5.64. The highest BCUT2D eigenvalue weighted by Crippen LogP contribution is 2.31. The smallest absolute Gasteiger partial charge is 0.265 e. The lowest BCUT2D eigenvalue weighted by atomic mass is 10.3. The van der Waals surface area contributed by atoms with E-state index in [4.69, 9.17) is 23.2 Å². The van der Waals surface area contributed by atoms with Crippen LogP contribution in [0.2, 0.25) is 10.0 Å². The predicted octanol–water partition coefficient (Wildman–Crippen LogP) is 5.86. The van der Waals surface area contributed by atoms with Crippen molar-refractivity contribution in [1.29, 1.82) is 0 Å². The molecule has 0 aliphatic heterocycles. The molecule has 0 aliphatic carbocycles. The average Bonchev–Trinajstić information content (AvgIpc) is 3.23. The first-order valence-electron chi connectivity index (χ1n) is 7.81. The summed E-state index contributed by atoms with van der Waals surface area (Å²) in [5.41, 5.74) is 2.51. The molecule has 0 aliphatic rings. The number of hydrogen-bond donors (Lipinski definition) is 1. The van der Waals surface area contributed by atoms with Crippen molar-refractivity contribution in [2.24, 2.45) is 7.05 Å². The van der Waals surface area contributed by atoms with Crippen molar-refractivity contribution in [3.05, 3.63) is 69.5 Å². The van der Waals surface area contributed by atoms with Gasteiger partial charge >= 0.3 is 0 Å². The van der Waals surface area contributed by atoms with E-state index in [0.29, 0.717) is 20.6 Å². The van der Waals surface area contributed by atoms with Crippen LogP contribution in [-0.2, 0) is 7.05 Å². The Morgan fingerprint density at radius 3 is 2.69 bits per heavy atom. The molecule has 0 saturated heterocycles. The first-order chi connectivity index (χ1) is 12.5. The molecule has 4 nitrogen and oxygen atoms in total. The van der Waals surface area contributed by atoms with Gasteiger partial charge in [0, 0.05) is 12.1 Å². The van der Waals surface area contributed by atoms with Gasteiger partial charge in [-0.25, -0.2) is 4.98 Å². The summed E-state index contributed by atoms with van der Waals surface area (Å²) in [7, 11) is 1.97. The van der Waals surface area contributed by atoms with Crippen LogP contribution in [-0.4, -0.2) is 15.5 Å². The Labute approximate surface area is 164 Å². The maximum absolute atomic E-state index is 12.5. The number of amides is 1. The lowest BCUT2D eigenvalue weighted by molar-refractivity contribution is 0.103. The van der Waals surface area contributed by atoms with Gasteiger partial charge in [0.25, 0.3) is 5.91 Å². The molecule has 0 bridgehead atoms. The fraction of sp³-hybridized carbons (Fsp3) is 0.0526. The highest BCUT2D eigenvalue weighted by Gasteiger charge is 2.16. The number of fused-ring (bicyclic) bond motifs is 1. The number of nitrogens with zero attached hydrogens (tertiary/aromatic N) is 2. The number of thiophene rings is 1. The number of rotatable bonds is 3. The van der Waals surface area contributed by atoms with E-state index in [0.717, 1.165) is 21.7 Å². The molecule has 1 amide bonds. The van der Waals surface area contributed by atoms with Crippen LogP contribution >= 0.6 is 34.5 Å². The zero-order valence-corrected chi connectivity index (χ0v) is 16.0. The Balaban J connectivity index is 1.62. The number of hydrogen-bond acceptors (Lipinski definition) is 3. The topological polar surface area (TPSA) is 46.9 Å². The maximum atomic E-state index is 12.5. The molecule has 2 heterocycles. The largest absolute Gasteiger partial charge is 0.326 e. The van der Waals surface area contributed by atoms with Gasteiger partial charge in [-0.1, -0.05) is 35.3 Å². The van der Waals surface area contributed by atoms with Crippen LogP contribution in [0.25, 0.3) is 21.7 Å². The molecule has 2 aromatic carbocycles. The van der Waals surface area contributed by atoms with Gasteiger partial charge in [0.2, 0.25) is 0 Å². The summed E-state index contributed by atoms with van der Waals surface area (Å²) in [6, 6.07) is 16.6. The number of carbonyl (C=O) groups excluding carboxylic acids is 1. The molecule has 4 rings (SSSR count). The standard InChI is InChI=1S/C19H13Cl2N3OS/c1-24-15-5-3-2-4-14(15)22-18(24)16-8-9-17(26-16)19(25)23-13-7-6-11(20)10-12(13)21/h2-10H,1H3,(H,23,25). The van der Waals surface area contributed by atoms with E-state index < -0.39 is 0 Å². The van der Waals surface area contributed by atoms with E-state index in [9.17, 15) is 4.79 Å². The summed E-state index contributed by atoms with van der Waals surface area (Å²) >= 11 is 13.4. The summed E-state index contributed by atoms with van der Waals surface area (Å²) in [4.78, 5) is 18.7.